The summed E-state index contributed by atoms with van der Waals surface area (Å²) >= 11 is 0. The predicted molar refractivity (Wildman–Crippen MR) is 53.1 cm³/mol. The number of rotatable bonds is 7. The molecule has 0 aliphatic carbocycles. The van der Waals surface area contributed by atoms with Gasteiger partial charge in [-0.3, -0.25) is 9.00 Å². The predicted octanol–water partition coefficient (Wildman–Crippen LogP) is -0.0923. The summed E-state index contributed by atoms with van der Waals surface area (Å²) in [7, 11) is -0.805. The van der Waals surface area contributed by atoms with Crippen molar-refractivity contribution in [3.8, 4) is 0 Å². The van der Waals surface area contributed by atoms with Crippen LogP contribution in [0.5, 0.6) is 0 Å². The minimum atomic E-state index is -0.805. The van der Waals surface area contributed by atoms with Gasteiger partial charge in [-0.15, -0.1) is 0 Å². The van der Waals surface area contributed by atoms with Gasteiger partial charge in [-0.1, -0.05) is 6.92 Å². The van der Waals surface area contributed by atoms with E-state index in [1.807, 2.05) is 13.8 Å². The molecule has 0 aliphatic heterocycles. The Morgan fingerprint density at radius 3 is 2.69 bits per heavy atom. The summed E-state index contributed by atoms with van der Waals surface area (Å²) in [6.45, 7) is 4.79. The van der Waals surface area contributed by atoms with Gasteiger partial charge in [0.05, 0.1) is 0 Å². The number of hydrogen-bond acceptors (Lipinski definition) is 3. The van der Waals surface area contributed by atoms with Crippen LogP contribution in [0.3, 0.4) is 0 Å². The van der Waals surface area contributed by atoms with E-state index in [9.17, 15) is 9.00 Å². The van der Waals surface area contributed by atoms with Crippen LogP contribution in [0.1, 0.15) is 13.8 Å². The van der Waals surface area contributed by atoms with Crippen molar-refractivity contribution in [3.63, 3.8) is 0 Å². The molecule has 5 heteroatoms. The summed E-state index contributed by atoms with van der Waals surface area (Å²) in [5.74, 6) is 1.02. The molecule has 0 aromatic carbocycles. The maximum absolute atomic E-state index is 10.9. The summed E-state index contributed by atoms with van der Waals surface area (Å²) in [5, 5.41) is 2.63. The Labute approximate surface area is 81.5 Å². The van der Waals surface area contributed by atoms with Crippen molar-refractivity contribution in [2.45, 2.75) is 13.8 Å². The zero-order valence-corrected chi connectivity index (χ0v) is 8.99. The van der Waals surface area contributed by atoms with Gasteiger partial charge >= 0.3 is 0 Å². The monoisotopic (exact) mass is 207 g/mol. The van der Waals surface area contributed by atoms with E-state index >= 15 is 0 Å². The standard InChI is InChI=1S/C8H17NO3S/c1-3-12-7-8(10)9-5-6-13(11)4-2/h3-7H2,1-2H3,(H,9,10). The van der Waals surface area contributed by atoms with Gasteiger partial charge in [-0.05, 0) is 6.92 Å². The fourth-order valence-corrected chi connectivity index (χ4v) is 1.31. The van der Waals surface area contributed by atoms with Crippen LogP contribution in [0.2, 0.25) is 0 Å². The minimum Gasteiger partial charge on any atom is -0.372 e. The number of carbonyl (C=O) groups excluding carboxylic acids is 1. The highest BCUT2D eigenvalue weighted by atomic mass is 32.2. The first-order valence-corrected chi connectivity index (χ1v) is 5.88. The van der Waals surface area contributed by atoms with E-state index in [1.165, 1.54) is 0 Å². The largest absolute Gasteiger partial charge is 0.372 e. The van der Waals surface area contributed by atoms with Crippen molar-refractivity contribution in [1.82, 2.24) is 5.32 Å². The van der Waals surface area contributed by atoms with Crippen LogP contribution < -0.4 is 5.32 Å². The molecule has 78 valence electrons. The second kappa shape index (κ2) is 8.19. The van der Waals surface area contributed by atoms with Gasteiger partial charge in [0.2, 0.25) is 5.91 Å². The molecule has 0 bridgehead atoms. The highest BCUT2D eigenvalue weighted by molar-refractivity contribution is 7.84. The van der Waals surface area contributed by atoms with Gasteiger partial charge in [-0.25, -0.2) is 0 Å². The van der Waals surface area contributed by atoms with Gasteiger partial charge in [0.25, 0.3) is 0 Å². The molecule has 1 unspecified atom stereocenters. The molecule has 0 aliphatic rings. The summed E-state index contributed by atoms with van der Waals surface area (Å²) in [6, 6.07) is 0. The normalized spacial score (nSPS) is 12.5. The molecule has 4 nitrogen and oxygen atoms in total. The zero-order valence-electron chi connectivity index (χ0n) is 8.17. The van der Waals surface area contributed by atoms with E-state index in [0.29, 0.717) is 24.7 Å². The molecule has 0 saturated heterocycles. The molecule has 0 radical (unpaired) electrons. The summed E-state index contributed by atoms with van der Waals surface area (Å²) < 4.78 is 15.8. The van der Waals surface area contributed by atoms with E-state index in [0.717, 1.165) is 0 Å². The molecule has 0 rings (SSSR count). The Morgan fingerprint density at radius 1 is 1.46 bits per heavy atom. The van der Waals surface area contributed by atoms with Gasteiger partial charge in [0, 0.05) is 35.5 Å². The summed E-state index contributed by atoms with van der Waals surface area (Å²) in [5.41, 5.74) is 0. The topological polar surface area (TPSA) is 55.4 Å². The molecule has 1 atom stereocenters. The fraction of sp³-hybridized carbons (Fsp3) is 0.875. The van der Waals surface area contributed by atoms with Gasteiger partial charge in [-0.2, -0.15) is 0 Å². The molecule has 0 saturated carbocycles. The second-order valence-electron chi connectivity index (χ2n) is 2.42. The van der Waals surface area contributed by atoms with E-state index in [4.69, 9.17) is 4.74 Å². The van der Waals surface area contributed by atoms with Gasteiger partial charge in [0.15, 0.2) is 0 Å². The van der Waals surface area contributed by atoms with Crippen LogP contribution in [0.4, 0.5) is 0 Å². The van der Waals surface area contributed by atoms with Crippen molar-refractivity contribution in [1.29, 1.82) is 0 Å². The number of ether oxygens (including phenoxy) is 1. The molecular weight excluding hydrogens is 190 g/mol. The van der Waals surface area contributed by atoms with E-state index in [-0.39, 0.29) is 12.5 Å². The average molecular weight is 207 g/mol. The number of carbonyl (C=O) groups is 1. The van der Waals surface area contributed by atoms with Crippen LogP contribution in [0.25, 0.3) is 0 Å². The third-order valence-electron chi connectivity index (χ3n) is 1.41. The maximum Gasteiger partial charge on any atom is 0.246 e. The number of hydrogen-bond donors (Lipinski definition) is 1. The minimum absolute atomic E-state index is 0.0925. The zero-order chi connectivity index (χ0) is 10.1. The van der Waals surface area contributed by atoms with Crippen LogP contribution >= 0.6 is 0 Å². The maximum atomic E-state index is 10.9. The lowest BCUT2D eigenvalue weighted by atomic mass is 10.6. The Bertz CT molecular complexity index is 173. The smallest absolute Gasteiger partial charge is 0.246 e. The molecule has 0 fully saturated rings. The summed E-state index contributed by atoms with van der Waals surface area (Å²) in [6.07, 6.45) is 0. The van der Waals surface area contributed by atoms with Crippen molar-refractivity contribution >= 4 is 16.7 Å². The Balaban J connectivity index is 3.31. The lowest BCUT2D eigenvalue weighted by Crippen LogP contribution is -2.31. The first kappa shape index (κ1) is 12.6. The highest BCUT2D eigenvalue weighted by Gasteiger charge is 2.00. The van der Waals surface area contributed by atoms with Gasteiger partial charge in [0.1, 0.15) is 6.61 Å². The SMILES string of the molecule is CCOCC(=O)NCCS(=O)CC. The Kier molecular flexibility index (Phi) is 7.93. The Morgan fingerprint density at radius 2 is 2.15 bits per heavy atom. The van der Waals surface area contributed by atoms with Crippen LogP contribution in [-0.2, 0) is 20.3 Å². The van der Waals surface area contributed by atoms with Crippen molar-refractivity contribution in [2.24, 2.45) is 0 Å². The van der Waals surface area contributed by atoms with E-state index < -0.39 is 10.8 Å². The van der Waals surface area contributed by atoms with Crippen molar-refractivity contribution < 1.29 is 13.7 Å². The molecule has 1 amide bonds. The third kappa shape index (κ3) is 7.93. The van der Waals surface area contributed by atoms with Crippen LogP contribution in [0.15, 0.2) is 0 Å². The van der Waals surface area contributed by atoms with Crippen molar-refractivity contribution in [3.05, 3.63) is 0 Å². The number of amides is 1. The molecule has 0 aromatic rings. The number of nitrogens with one attached hydrogen (secondary N) is 1. The van der Waals surface area contributed by atoms with Crippen LogP contribution in [0, 0.1) is 0 Å². The fourth-order valence-electron chi connectivity index (χ4n) is 0.694. The molecule has 0 spiro atoms. The molecule has 0 aromatic heterocycles. The quantitative estimate of drug-likeness (QED) is 0.634. The highest BCUT2D eigenvalue weighted by Crippen LogP contribution is 1.79. The average Bonchev–Trinajstić information content (AvgIpc) is 2.14. The second-order valence-corrected chi connectivity index (χ2v) is 4.28. The lowest BCUT2D eigenvalue weighted by Gasteiger charge is -2.03. The third-order valence-corrected chi connectivity index (χ3v) is 2.71. The first-order chi connectivity index (χ1) is 6.20. The van der Waals surface area contributed by atoms with Gasteiger partial charge < -0.3 is 10.1 Å². The summed E-state index contributed by atoms with van der Waals surface area (Å²) in [4.78, 5) is 10.9. The van der Waals surface area contributed by atoms with Crippen LogP contribution in [-0.4, -0.2) is 41.4 Å². The Hall–Kier alpha value is -0.420. The molecule has 0 heterocycles. The van der Waals surface area contributed by atoms with E-state index in [1.54, 1.807) is 0 Å². The molecule has 1 N–H and O–H groups in total. The lowest BCUT2D eigenvalue weighted by molar-refractivity contribution is -0.125. The van der Waals surface area contributed by atoms with Crippen molar-refractivity contribution in [2.75, 3.05) is 31.3 Å². The first-order valence-electron chi connectivity index (χ1n) is 4.40. The molecular formula is C8H17NO3S. The molecule has 13 heavy (non-hydrogen) atoms. The van der Waals surface area contributed by atoms with E-state index in [2.05, 4.69) is 5.32 Å².